The van der Waals surface area contributed by atoms with Gasteiger partial charge in [-0.25, -0.2) is 0 Å². The molecule has 0 unspecified atom stereocenters. The number of fused-ring (bicyclic) bond motifs is 2. The molecule has 3 heterocycles. The van der Waals surface area contributed by atoms with Crippen LogP contribution in [0.4, 0.5) is 11.4 Å². The van der Waals surface area contributed by atoms with Crippen LogP contribution in [0.5, 0.6) is 0 Å². The lowest BCUT2D eigenvalue weighted by atomic mass is 9.95. The Labute approximate surface area is 187 Å². The van der Waals surface area contributed by atoms with Gasteiger partial charge in [-0.1, -0.05) is 30.3 Å². The molecule has 7 nitrogen and oxygen atoms in total. The maximum atomic E-state index is 12.7. The second-order valence-corrected chi connectivity index (χ2v) is 8.56. The quantitative estimate of drug-likeness (QED) is 0.574. The van der Waals surface area contributed by atoms with E-state index in [1.54, 1.807) is 0 Å². The molecule has 3 aliphatic heterocycles. The number of piperazine rings is 1. The van der Waals surface area contributed by atoms with Gasteiger partial charge in [-0.05, 0) is 36.6 Å². The Bertz CT molecular complexity index is 1160. The Morgan fingerprint density at radius 2 is 1.84 bits per heavy atom. The number of aliphatic imine (C=N–C) groups is 1. The van der Waals surface area contributed by atoms with E-state index in [0.29, 0.717) is 12.1 Å². The number of aromatic amines is 1. The van der Waals surface area contributed by atoms with E-state index in [2.05, 4.69) is 33.0 Å². The van der Waals surface area contributed by atoms with Gasteiger partial charge in [-0.2, -0.15) is 0 Å². The number of nitrogens with one attached hydrogen (secondary N) is 1. The minimum absolute atomic E-state index is 0.0780. The number of hydrogen-bond acceptors (Lipinski definition) is 6. The number of H-pyrrole nitrogens is 1. The maximum absolute atomic E-state index is 12.7. The molecular weight excluding hydrogens is 404 g/mol. The third kappa shape index (κ3) is 4.07. The van der Waals surface area contributed by atoms with Crippen molar-refractivity contribution in [2.45, 2.75) is 18.9 Å². The molecule has 0 spiro atoms. The molecule has 5 rings (SSSR count). The van der Waals surface area contributed by atoms with Gasteiger partial charge < -0.3 is 20.1 Å². The van der Waals surface area contributed by atoms with Crippen molar-refractivity contribution in [3.63, 3.8) is 0 Å². The highest BCUT2D eigenvalue weighted by molar-refractivity contribution is 6.08. The lowest BCUT2D eigenvalue weighted by Gasteiger charge is -2.37. The van der Waals surface area contributed by atoms with E-state index in [1.165, 1.54) is 5.56 Å². The number of anilines is 1. The minimum atomic E-state index is -0.685. The highest BCUT2D eigenvalue weighted by Crippen LogP contribution is 2.33. The topological polar surface area (TPSA) is 92.2 Å². The van der Waals surface area contributed by atoms with Crippen LogP contribution in [0.2, 0.25) is 0 Å². The van der Waals surface area contributed by atoms with Gasteiger partial charge in [0, 0.05) is 49.7 Å². The number of aliphatic hydroxyl groups excluding tert-OH is 2. The van der Waals surface area contributed by atoms with Crippen molar-refractivity contribution in [1.29, 1.82) is 0 Å². The van der Waals surface area contributed by atoms with Gasteiger partial charge in [0.05, 0.1) is 29.7 Å². The van der Waals surface area contributed by atoms with Crippen LogP contribution in [0.25, 0.3) is 11.3 Å². The standard InChI is InChI=1S/C25H28N4O3/c30-16-19(31)15-28-10-12-29(13-11-28)18-8-6-17-7-9-22(26-23(17)14-18)24-20-4-2-1-3-5-21(20)27-25(24)32/h1-6,8,14,19,30-31H,7,9-13,15-16H2,(H,27,32)/t19-/m1/s1. The van der Waals surface area contributed by atoms with E-state index < -0.39 is 6.10 Å². The van der Waals surface area contributed by atoms with Crippen molar-refractivity contribution in [3.05, 3.63) is 70.0 Å². The van der Waals surface area contributed by atoms with Crippen LogP contribution < -0.4 is 10.5 Å². The summed E-state index contributed by atoms with van der Waals surface area (Å²) in [7, 11) is 0. The molecule has 7 heteroatoms. The zero-order valence-corrected chi connectivity index (χ0v) is 18.0. The monoisotopic (exact) mass is 432 g/mol. The van der Waals surface area contributed by atoms with Gasteiger partial charge in [0.15, 0.2) is 0 Å². The molecule has 0 bridgehead atoms. The van der Waals surface area contributed by atoms with Gasteiger partial charge in [-0.3, -0.25) is 14.7 Å². The Balaban J connectivity index is 1.39. The van der Waals surface area contributed by atoms with Crippen LogP contribution in [0.1, 0.15) is 17.5 Å². The molecule has 0 radical (unpaired) electrons. The summed E-state index contributed by atoms with van der Waals surface area (Å²) in [5, 5.41) is 18.7. The fraction of sp³-hybridized carbons (Fsp3) is 0.360. The molecule has 3 N–H and O–H groups in total. The van der Waals surface area contributed by atoms with E-state index in [1.807, 2.05) is 30.3 Å². The first-order valence-electron chi connectivity index (χ1n) is 11.2. The summed E-state index contributed by atoms with van der Waals surface area (Å²) in [4.78, 5) is 25.1. The largest absolute Gasteiger partial charge is 0.394 e. The number of benzene rings is 1. The number of aromatic nitrogens is 1. The van der Waals surface area contributed by atoms with Crippen molar-refractivity contribution in [2.75, 3.05) is 44.2 Å². The van der Waals surface area contributed by atoms with Crippen molar-refractivity contribution < 1.29 is 10.2 Å². The smallest absolute Gasteiger partial charge is 0.258 e. The van der Waals surface area contributed by atoms with E-state index in [9.17, 15) is 9.90 Å². The highest BCUT2D eigenvalue weighted by atomic mass is 16.3. The molecule has 4 aliphatic rings. The number of rotatable bonds is 5. The summed E-state index contributed by atoms with van der Waals surface area (Å²) in [6, 6.07) is 16.2. The molecule has 1 saturated heterocycles. The Hall–Kier alpha value is -3.00. The normalized spacial score (nSPS) is 17.8. The third-order valence-electron chi connectivity index (χ3n) is 6.44. The number of aryl methyl sites for hydroxylation is 1. The molecular formula is C25H28N4O3. The van der Waals surface area contributed by atoms with Crippen molar-refractivity contribution in [2.24, 2.45) is 4.99 Å². The van der Waals surface area contributed by atoms with Crippen molar-refractivity contribution in [3.8, 4) is 11.3 Å². The molecule has 1 fully saturated rings. The van der Waals surface area contributed by atoms with Crippen LogP contribution in [0, 0.1) is 0 Å². The van der Waals surface area contributed by atoms with Gasteiger partial charge in [0.2, 0.25) is 0 Å². The van der Waals surface area contributed by atoms with Crippen molar-refractivity contribution >= 4 is 17.1 Å². The highest BCUT2D eigenvalue weighted by Gasteiger charge is 2.24. The van der Waals surface area contributed by atoms with Crippen LogP contribution in [0.15, 0.2) is 58.3 Å². The summed E-state index contributed by atoms with van der Waals surface area (Å²) in [6.07, 6.45) is 0.932. The second-order valence-electron chi connectivity index (χ2n) is 8.56. The lowest BCUT2D eigenvalue weighted by Crippen LogP contribution is -2.49. The molecule has 166 valence electrons. The van der Waals surface area contributed by atoms with Crippen LogP contribution in [0.3, 0.4) is 0 Å². The molecule has 1 aliphatic carbocycles. The molecule has 1 atom stereocenters. The maximum Gasteiger partial charge on any atom is 0.258 e. The predicted octanol–water partition coefficient (Wildman–Crippen LogP) is 2.02. The summed E-state index contributed by atoms with van der Waals surface area (Å²) in [5.41, 5.74) is 6.48. The lowest BCUT2D eigenvalue weighted by molar-refractivity contribution is 0.0575. The molecule has 1 aromatic carbocycles. The van der Waals surface area contributed by atoms with E-state index in [4.69, 9.17) is 10.1 Å². The molecule has 0 amide bonds. The number of hydrogen-bond donors (Lipinski definition) is 3. The van der Waals surface area contributed by atoms with Gasteiger partial charge in [0.25, 0.3) is 5.56 Å². The number of aliphatic hydroxyl groups is 2. The predicted molar refractivity (Wildman–Crippen MR) is 126 cm³/mol. The summed E-state index contributed by atoms with van der Waals surface area (Å²) < 4.78 is 0. The third-order valence-corrected chi connectivity index (χ3v) is 6.44. The summed E-state index contributed by atoms with van der Waals surface area (Å²) in [5.74, 6) is 0. The molecule has 0 aromatic heterocycles. The van der Waals surface area contributed by atoms with Crippen LogP contribution >= 0.6 is 0 Å². The van der Waals surface area contributed by atoms with Crippen LogP contribution in [-0.4, -0.2) is 71.2 Å². The first-order valence-corrected chi connectivity index (χ1v) is 11.2. The van der Waals surface area contributed by atoms with E-state index in [-0.39, 0.29) is 12.2 Å². The first-order chi connectivity index (χ1) is 15.6. The average Bonchev–Trinajstić information content (AvgIpc) is 2.96. The Morgan fingerprint density at radius 1 is 1.03 bits per heavy atom. The van der Waals surface area contributed by atoms with E-state index in [0.717, 1.165) is 67.4 Å². The average molecular weight is 433 g/mol. The molecule has 32 heavy (non-hydrogen) atoms. The SMILES string of the molecule is O=c1[nH]c2cccccc-2c1C1=Nc2cc(N3CCN(C[C@@H](O)CO)CC3)ccc2CC1. The van der Waals surface area contributed by atoms with Gasteiger partial charge in [-0.15, -0.1) is 0 Å². The first kappa shape index (κ1) is 20.9. The van der Waals surface area contributed by atoms with Crippen molar-refractivity contribution in [1.82, 2.24) is 9.88 Å². The summed E-state index contributed by atoms with van der Waals surface area (Å²) in [6.45, 7) is 3.70. The Morgan fingerprint density at radius 3 is 2.66 bits per heavy atom. The Kier molecular flexibility index (Phi) is 5.78. The molecule has 0 saturated carbocycles. The van der Waals surface area contributed by atoms with Gasteiger partial charge in [0.1, 0.15) is 0 Å². The fourth-order valence-electron chi connectivity index (χ4n) is 4.71. The zero-order valence-electron chi connectivity index (χ0n) is 18.0. The fourth-order valence-corrected chi connectivity index (χ4v) is 4.71. The zero-order chi connectivity index (χ0) is 22.1. The molecule has 1 aromatic rings. The number of nitrogens with zero attached hydrogens (tertiary/aromatic N) is 3. The van der Waals surface area contributed by atoms with Gasteiger partial charge >= 0.3 is 0 Å². The minimum Gasteiger partial charge on any atom is -0.394 e. The van der Waals surface area contributed by atoms with E-state index >= 15 is 0 Å². The summed E-state index contributed by atoms with van der Waals surface area (Å²) >= 11 is 0. The second kappa shape index (κ2) is 8.86. The number of β-amino-alcohol motifs (C(OH)–C–C–N with tert-alkyl or cyclic N) is 1. The van der Waals surface area contributed by atoms with Crippen LogP contribution in [-0.2, 0) is 6.42 Å².